The zero-order valence-electron chi connectivity index (χ0n) is 12.9. The van der Waals surface area contributed by atoms with E-state index in [2.05, 4.69) is 5.10 Å². The fourth-order valence-corrected chi connectivity index (χ4v) is 2.57. The lowest BCUT2D eigenvalue weighted by atomic mass is 9.97. The second-order valence-corrected chi connectivity index (χ2v) is 5.87. The minimum Gasteiger partial charge on any atom is -0.308 e. The van der Waals surface area contributed by atoms with Crippen LogP contribution in [0.3, 0.4) is 0 Å². The lowest BCUT2D eigenvalue weighted by Gasteiger charge is -2.13. The largest absolute Gasteiger partial charge is 0.308 e. The van der Waals surface area contributed by atoms with Gasteiger partial charge in [-0.1, -0.05) is 29.8 Å². The van der Waals surface area contributed by atoms with Crippen LogP contribution in [0.25, 0.3) is 0 Å². The second-order valence-electron chi connectivity index (χ2n) is 5.46. The molecule has 1 aromatic heterocycles. The predicted octanol–water partition coefficient (Wildman–Crippen LogP) is 2.95. The molecule has 0 fully saturated rings. The van der Waals surface area contributed by atoms with Crippen LogP contribution in [-0.2, 0) is 6.54 Å². The Bertz CT molecular complexity index is 641. The summed E-state index contributed by atoms with van der Waals surface area (Å²) >= 11 is 6.19. The van der Waals surface area contributed by atoms with Crippen LogP contribution in [0, 0.1) is 13.8 Å². The van der Waals surface area contributed by atoms with E-state index in [1.807, 2.05) is 51.0 Å². The molecule has 0 unspecified atom stereocenters. The third-order valence-electron chi connectivity index (χ3n) is 3.48. The number of aromatic nitrogens is 2. The van der Waals surface area contributed by atoms with Crippen molar-refractivity contribution in [3.63, 3.8) is 0 Å². The Morgan fingerprint density at radius 1 is 1.29 bits per heavy atom. The SMILES string of the molecule is Cc1cccc(C)c1C(=O)c1c(Cl)cnn1CCN(C)C. The number of hydrogen-bond donors (Lipinski definition) is 0. The fraction of sp³-hybridized carbons (Fsp3) is 0.375. The monoisotopic (exact) mass is 305 g/mol. The lowest BCUT2D eigenvalue weighted by Crippen LogP contribution is -2.22. The molecule has 0 atom stereocenters. The van der Waals surface area contributed by atoms with Crippen molar-refractivity contribution in [3.05, 3.63) is 51.8 Å². The van der Waals surface area contributed by atoms with Crippen molar-refractivity contribution in [1.29, 1.82) is 0 Å². The highest BCUT2D eigenvalue weighted by Crippen LogP contribution is 2.23. The number of ketones is 1. The molecule has 21 heavy (non-hydrogen) atoms. The molecule has 4 nitrogen and oxygen atoms in total. The molecule has 0 aliphatic carbocycles. The summed E-state index contributed by atoms with van der Waals surface area (Å²) in [6.07, 6.45) is 1.54. The van der Waals surface area contributed by atoms with E-state index in [-0.39, 0.29) is 5.78 Å². The van der Waals surface area contributed by atoms with Crippen LogP contribution in [0.5, 0.6) is 0 Å². The van der Waals surface area contributed by atoms with E-state index in [1.54, 1.807) is 4.68 Å². The number of carbonyl (C=O) groups is 1. The number of aryl methyl sites for hydroxylation is 2. The van der Waals surface area contributed by atoms with Crippen molar-refractivity contribution in [2.75, 3.05) is 20.6 Å². The van der Waals surface area contributed by atoms with Crippen LogP contribution >= 0.6 is 11.6 Å². The average molecular weight is 306 g/mol. The fourth-order valence-electron chi connectivity index (χ4n) is 2.34. The van der Waals surface area contributed by atoms with Gasteiger partial charge in [0.25, 0.3) is 0 Å². The van der Waals surface area contributed by atoms with Crippen LogP contribution in [0.15, 0.2) is 24.4 Å². The van der Waals surface area contributed by atoms with Gasteiger partial charge in [-0.15, -0.1) is 0 Å². The predicted molar refractivity (Wildman–Crippen MR) is 85.1 cm³/mol. The normalized spacial score (nSPS) is 11.1. The molecule has 0 spiro atoms. The van der Waals surface area contributed by atoms with Gasteiger partial charge in [0, 0.05) is 12.1 Å². The van der Waals surface area contributed by atoms with Crippen LogP contribution in [-0.4, -0.2) is 41.1 Å². The third kappa shape index (κ3) is 3.34. The molecule has 0 saturated heterocycles. The van der Waals surface area contributed by atoms with Crippen molar-refractivity contribution < 1.29 is 4.79 Å². The maximum atomic E-state index is 12.9. The number of carbonyl (C=O) groups excluding carboxylic acids is 1. The summed E-state index contributed by atoms with van der Waals surface area (Å²) in [4.78, 5) is 14.9. The summed E-state index contributed by atoms with van der Waals surface area (Å²) in [5, 5.41) is 4.63. The molecule has 112 valence electrons. The zero-order chi connectivity index (χ0) is 15.6. The molecular weight excluding hydrogens is 286 g/mol. The Morgan fingerprint density at radius 2 is 1.90 bits per heavy atom. The first kappa shape index (κ1) is 15.7. The molecule has 2 rings (SSSR count). The van der Waals surface area contributed by atoms with E-state index in [0.717, 1.165) is 17.7 Å². The second kappa shape index (κ2) is 6.41. The first-order chi connectivity index (χ1) is 9.91. The maximum absolute atomic E-state index is 12.9. The van der Waals surface area contributed by atoms with Gasteiger partial charge in [0.2, 0.25) is 5.78 Å². The number of benzene rings is 1. The van der Waals surface area contributed by atoms with Crippen molar-refractivity contribution in [3.8, 4) is 0 Å². The first-order valence-electron chi connectivity index (χ1n) is 6.88. The summed E-state index contributed by atoms with van der Waals surface area (Å²) in [5.74, 6) is -0.0631. The Labute approximate surface area is 130 Å². The zero-order valence-corrected chi connectivity index (χ0v) is 13.6. The molecule has 0 saturated carbocycles. The van der Waals surface area contributed by atoms with Crippen LogP contribution < -0.4 is 0 Å². The van der Waals surface area contributed by atoms with E-state index in [4.69, 9.17) is 11.6 Å². The van der Waals surface area contributed by atoms with Gasteiger partial charge >= 0.3 is 0 Å². The van der Waals surface area contributed by atoms with Crippen LogP contribution in [0.2, 0.25) is 5.02 Å². The molecule has 0 bridgehead atoms. The van der Waals surface area contributed by atoms with E-state index in [1.165, 1.54) is 6.20 Å². The highest BCUT2D eigenvalue weighted by molar-refractivity contribution is 6.34. The molecular formula is C16H20ClN3O. The number of likely N-dealkylation sites (N-methyl/N-ethyl adjacent to an activating group) is 1. The number of rotatable bonds is 5. The molecule has 0 radical (unpaired) electrons. The van der Waals surface area contributed by atoms with Gasteiger partial charge in [-0.2, -0.15) is 5.10 Å². The van der Waals surface area contributed by atoms with Crippen molar-refractivity contribution in [2.24, 2.45) is 0 Å². The van der Waals surface area contributed by atoms with Gasteiger partial charge in [-0.05, 0) is 39.1 Å². The van der Waals surface area contributed by atoms with Gasteiger partial charge in [-0.3, -0.25) is 9.48 Å². The van der Waals surface area contributed by atoms with Gasteiger partial charge in [0.05, 0.1) is 17.8 Å². The van der Waals surface area contributed by atoms with E-state index >= 15 is 0 Å². The van der Waals surface area contributed by atoms with Gasteiger partial charge in [0.1, 0.15) is 5.69 Å². The highest BCUT2D eigenvalue weighted by Gasteiger charge is 2.22. The molecule has 5 heteroatoms. The summed E-state index contributed by atoms with van der Waals surface area (Å²) in [6, 6.07) is 5.83. The summed E-state index contributed by atoms with van der Waals surface area (Å²) < 4.78 is 1.69. The van der Waals surface area contributed by atoms with Crippen LogP contribution in [0.1, 0.15) is 27.2 Å². The molecule has 0 amide bonds. The minimum absolute atomic E-state index is 0.0631. The highest BCUT2D eigenvalue weighted by atomic mass is 35.5. The quantitative estimate of drug-likeness (QED) is 0.797. The average Bonchev–Trinajstić information content (AvgIpc) is 2.77. The summed E-state index contributed by atoms with van der Waals surface area (Å²) in [5.41, 5.74) is 3.09. The van der Waals surface area contributed by atoms with Gasteiger partial charge < -0.3 is 4.90 Å². The van der Waals surface area contributed by atoms with E-state index in [0.29, 0.717) is 22.8 Å². The topological polar surface area (TPSA) is 38.1 Å². The maximum Gasteiger partial charge on any atom is 0.213 e. The molecule has 0 N–H and O–H groups in total. The van der Waals surface area contributed by atoms with Gasteiger partial charge in [-0.25, -0.2) is 0 Å². The molecule has 2 aromatic rings. The smallest absolute Gasteiger partial charge is 0.213 e. The summed E-state index contributed by atoms with van der Waals surface area (Å²) in [7, 11) is 3.97. The molecule has 0 aliphatic rings. The Hall–Kier alpha value is -1.65. The third-order valence-corrected chi connectivity index (χ3v) is 3.75. The number of hydrogen-bond acceptors (Lipinski definition) is 3. The van der Waals surface area contributed by atoms with Crippen LogP contribution in [0.4, 0.5) is 0 Å². The standard InChI is InChI=1S/C16H20ClN3O/c1-11-6-5-7-12(2)14(11)16(21)15-13(17)10-18-20(15)9-8-19(3)4/h5-7,10H,8-9H2,1-4H3. The molecule has 1 aromatic carbocycles. The van der Waals surface area contributed by atoms with E-state index < -0.39 is 0 Å². The Balaban J connectivity index is 2.42. The lowest BCUT2D eigenvalue weighted by molar-refractivity contribution is 0.102. The Kier molecular flexibility index (Phi) is 4.80. The van der Waals surface area contributed by atoms with Crippen molar-refractivity contribution >= 4 is 17.4 Å². The number of nitrogens with zero attached hydrogens (tertiary/aromatic N) is 3. The van der Waals surface area contributed by atoms with Gasteiger partial charge in [0.15, 0.2) is 0 Å². The summed E-state index contributed by atoms with van der Waals surface area (Å²) in [6.45, 7) is 5.31. The van der Waals surface area contributed by atoms with Crippen molar-refractivity contribution in [2.45, 2.75) is 20.4 Å². The number of halogens is 1. The molecule has 0 aliphatic heterocycles. The van der Waals surface area contributed by atoms with E-state index in [9.17, 15) is 4.79 Å². The Morgan fingerprint density at radius 3 is 2.48 bits per heavy atom. The molecule has 1 heterocycles. The minimum atomic E-state index is -0.0631. The van der Waals surface area contributed by atoms with Crippen molar-refractivity contribution in [1.82, 2.24) is 14.7 Å². The first-order valence-corrected chi connectivity index (χ1v) is 7.26.